The number of nitrogens with one attached hydrogen (secondary N) is 4. The fourth-order valence-corrected chi connectivity index (χ4v) is 3.10. The summed E-state index contributed by atoms with van der Waals surface area (Å²) in [7, 11) is 0. The highest BCUT2D eigenvalue weighted by molar-refractivity contribution is 7.84. The molecule has 6 heteroatoms. The van der Waals surface area contributed by atoms with Gasteiger partial charge in [0.2, 0.25) is 0 Å². The van der Waals surface area contributed by atoms with E-state index in [1.54, 1.807) is 0 Å². The van der Waals surface area contributed by atoms with Crippen molar-refractivity contribution in [2.45, 2.75) is 64.6 Å². The SMILES string of the molecule is CCCCCC.NC1NCNC1CN/C=C(\S)C1CCCNC1.[HH].[HH]. The molecule has 2 aliphatic heterocycles. The Morgan fingerprint density at radius 2 is 2.04 bits per heavy atom. The molecule has 0 aliphatic carbocycles. The Bertz CT molecular complexity index is 324. The quantitative estimate of drug-likeness (QED) is 0.315. The van der Waals surface area contributed by atoms with Gasteiger partial charge in [-0.05, 0) is 19.4 Å². The Morgan fingerprint density at radius 3 is 2.57 bits per heavy atom. The standard InChI is InChI=1S/C11H23N5S.C6H14.2H2/c12-11-9(15-7-16-11)5-14-6-10(17)8-2-1-3-13-4-8;1-3-5-6-4-2;;/h6,8-9,11,13-17H,1-5,7,12H2;3-6H2,1-2H3;2*1H/b10-6-;;;. The molecule has 2 heterocycles. The van der Waals surface area contributed by atoms with Crippen LogP contribution in [0.4, 0.5) is 0 Å². The average Bonchev–Trinajstić information content (AvgIpc) is 2.99. The van der Waals surface area contributed by atoms with E-state index < -0.39 is 0 Å². The van der Waals surface area contributed by atoms with Crippen molar-refractivity contribution in [3.8, 4) is 0 Å². The molecule has 5 nitrogen and oxygen atoms in total. The van der Waals surface area contributed by atoms with Gasteiger partial charge >= 0.3 is 0 Å². The summed E-state index contributed by atoms with van der Waals surface area (Å²) in [5.74, 6) is 0.558. The van der Waals surface area contributed by atoms with Crippen molar-refractivity contribution >= 4 is 12.6 Å². The summed E-state index contributed by atoms with van der Waals surface area (Å²) in [5.41, 5.74) is 5.88. The van der Waals surface area contributed by atoms with Crippen molar-refractivity contribution < 1.29 is 2.85 Å². The minimum Gasteiger partial charge on any atom is -0.389 e. The first-order valence-corrected chi connectivity index (χ1v) is 9.69. The van der Waals surface area contributed by atoms with E-state index in [1.165, 1.54) is 38.5 Å². The smallest absolute Gasteiger partial charge is 0.0732 e. The number of hydrogen-bond acceptors (Lipinski definition) is 6. The van der Waals surface area contributed by atoms with Crippen LogP contribution in [-0.2, 0) is 0 Å². The van der Waals surface area contributed by atoms with Crippen molar-refractivity contribution in [1.82, 2.24) is 21.3 Å². The maximum Gasteiger partial charge on any atom is 0.0732 e. The third kappa shape index (κ3) is 8.96. The molecular weight excluding hydrogens is 306 g/mol. The molecule has 0 radical (unpaired) electrons. The lowest BCUT2D eigenvalue weighted by Gasteiger charge is -2.23. The Morgan fingerprint density at radius 1 is 1.30 bits per heavy atom. The molecule has 3 unspecified atom stereocenters. The highest BCUT2D eigenvalue weighted by Gasteiger charge is 2.21. The molecule has 6 N–H and O–H groups in total. The number of nitrogens with two attached hydrogens (primary N) is 1. The monoisotopic (exact) mass is 347 g/mol. The van der Waals surface area contributed by atoms with Crippen LogP contribution in [0.1, 0.15) is 55.2 Å². The second-order valence-electron chi connectivity index (χ2n) is 6.45. The predicted octanol–water partition coefficient (Wildman–Crippen LogP) is 2.23. The fraction of sp³-hybridized carbons (Fsp3) is 0.882. The van der Waals surface area contributed by atoms with Crippen LogP contribution in [0.25, 0.3) is 0 Å². The van der Waals surface area contributed by atoms with Gasteiger partial charge in [-0.25, -0.2) is 0 Å². The van der Waals surface area contributed by atoms with E-state index in [9.17, 15) is 0 Å². The van der Waals surface area contributed by atoms with Crippen LogP contribution in [0, 0.1) is 5.92 Å². The highest BCUT2D eigenvalue weighted by Crippen LogP contribution is 2.21. The lowest BCUT2D eigenvalue weighted by atomic mass is 9.99. The normalized spacial score (nSPS) is 28.2. The molecule has 2 saturated heterocycles. The van der Waals surface area contributed by atoms with Crippen LogP contribution in [0.15, 0.2) is 11.1 Å². The van der Waals surface area contributed by atoms with E-state index >= 15 is 0 Å². The molecule has 23 heavy (non-hydrogen) atoms. The number of unbranched alkanes of at least 4 members (excludes halogenated alkanes) is 3. The van der Waals surface area contributed by atoms with Crippen LogP contribution in [0.2, 0.25) is 0 Å². The lowest BCUT2D eigenvalue weighted by molar-refractivity contribution is 0.432. The largest absolute Gasteiger partial charge is 0.389 e. The molecule has 140 valence electrons. The minimum atomic E-state index is 0. The van der Waals surface area contributed by atoms with Gasteiger partial charge in [0.25, 0.3) is 0 Å². The van der Waals surface area contributed by atoms with Crippen LogP contribution in [0.5, 0.6) is 0 Å². The molecule has 0 aromatic carbocycles. The predicted molar refractivity (Wildman–Crippen MR) is 108 cm³/mol. The van der Waals surface area contributed by atoms with E-state index in [-0.39, 0.29) is 15.1 Å². The topological polar surface area (TPSA) is 74.1 Å². The maximum atomic E-state index is 5.88. The molecule has 2 rings (SSSR count). The molecule has 0 bridgehead atoms. The number of rotatable bonds is 7. The van der Waals surface area contributed by atoms with E-state index in [2.05, 4.69) is 47.7 Å². The first-order chi connectivity index (χ1) is 11.2. The molecule has 0 aromatic rings. The van der Waals surface area contributed by atoms with E-state index in [1.807, 2.05) is 6.20 Å². The summed E-state index contributed by atoms with van der Waals surface area (Å²) in [6.45, 7) is 8.26. The van der Waals surface area contributed by atoms with E-state index in [0.717, 1.165) is 31.2 Å². The highest BCUT2D eigenvalue weighted by atomic mass is 32.1. The van der Waals surface area contributed by atoms with Gasteiger partial charge in [-0.2, -0.15) is 0 Å². The lowest BCUT2D eigenvalue weighted by Crippen LogP contribution is -2.46. The van der Waals surface area contributed by atoms with Crippen LogP contribution in [0.3, 0.4) is 0 Å². The van der Waals surface area contributed by atoms with Gasteiger partial charge in [-0.1, -0.05) is 39.5 Å². The number of piperidine rings is 1. The van der Waals surface area contributed by atoms with Crippen LogP contribution >= 0.6 is 12.6 Å². The Labute approximate surface area is 151 Å². The zero-order chi connectivity index (χ0) is 16.9. The van der Waals surface area contributed by atoms with Gasteiger partial charge in [0, 0.05) is 39.6 Å². The average molecular weight is 348 g/mol. The molecule has 0 spiro atoms. The van der Waals surface area contributed by atoms with E-state index in [0.29, 0.717) is 5.92 Å². The van der Waals surface area contributed by atoms with Crippen molar-refractivity contribution in [1.29, 1.82) is 0 Å². The number of thiol groups is 1. The first kappa shape index (κ1) is 20.8. The van der Waals surface area contributed by atoms with Gasteiger partial charge in [-0.3, -0.25) is 10.6 Å². The van der Waals surface area contributed by atoms with Gasteiger partial charge < -0.3 is 16.4 Å². The summed E-state index contributed by atoms with van der Waals surface area (Å²) in [6.07, 6.45) is 10.1. The summed E-state index contributed by atoms with van der Waals surface area (Å²) >= 11 is 4.56. The summed E-state index contributed by atoms with van der Waals surface area (Å²) in [5, 5.41) is 13.1. The van der Waals surface area contributed by atoms with Crippen molar-refractivity contribution in [3.63, 3.8) is 0 Å². The zero-order valence-electron chi connectivity index (χ0n) is 14.9. The molecule has 0 saturated carbocycles. The molecule has 2 fully saturated rings. The van der Waals surface area contributed by atoms with Gasteiger partial charge in [-0.15, -0.1) is 12.6 Å². The summed E-state index contributed by atoms with van der Waals surface area (Å²) < 4.78 is 0. The third-order valence-corrected chi connectivity index (χ3v) is 4.89. The minimum absolute atomic E-state index is 0. The Kier molecular flexibility index (Phi) is 11.8. The molecular formula is C17H41N5S. The van der Waals surface area contributed by atoms with Gasteiger partial charge in [0.15, 0.2) is 0 Å². The van der Waals surface area contributed by atoms with Crippen molar-refractivity contribution in [3.05, 3.63) is 11.1 Å². The first-order valence-electron chi connectivity index (χ1n) is 9.24. The summed E-state index contributed by atoms with van der Waals surface area (Å²) in [6, 6.07) is 0.289. The van der Waals surface area contributed by atoms with Gasteiger partial charge in [0.1, 0.15) is 0 Å². The molecule has 3 atom stereocenters. The number of hydrogen-bond donors (Lipinski definition) is 6. The second-order valence-corrected chi connectivity index (χ2v) is 6.96. The summed E-state index contributed by atoms with van der Waals surface area (Å²) in [4.78, 5) is 1.14. The van der Waals surface area contributed by atoms with Crippen LogP contribution in [-0.4, -0.2) is 38.5 Å². The fourth-order valence-electron chi connectivity index (χ4n) is 2.79. The Hall–Kier alpha value is -0.270. The van der Waals surface area contributed by atoms with Crippen molar-refractivity contribution in [2.75, 3.05) is 26.3 Å². The molecule has 0 amide bonds. The van der Waals surface area contributed by atoms with Crippen molar-refractivity contribution in [2.24, 2.45) is 11.7 Å². The zero-order valence-corrected chi connectivity index (χ0v) is 15.8. The van der Waals surface area contributed by atoms with Gasteiger partial charge in [0.05, 0.1) is 12.2 Å². The molecule has 2 aliphatic rings. The Balaban J connectivity index is 0. The second kappa shape index (κ2) is 13.1. The third-order valence-electron chi connectivity index (χ3n) is 4.40. The van der Waals surface area contributed by atoms with E-state index in [4.69, 9.17) is 5.73 Å². The maximum absolute atomic E-state index is 5.88. The molecule has 0 aromatic heterocycles. The van der Waals surface area contributed by atoms with Crippen LogP contribution < -0.4 is 27.0 Å².